The summed E-state index contributed by atoms with van der Waals surface area (Å²) >= 11 is 0. The first-order chi connectivity index (χ1) is 7.06. The van der Waals surface area contributed by atoms with E-state index in [0.29, 0.717) is 13.0 Å². The van der Waals surface area contributed by atoms with E-state index in [1.165, 1.54) is 0 Å². The van der Waals surface area contributed by atoms with Crippen LogP contribution < -0.4 is 11.1 Å². The van der Waals surface area contributed by atoms with Crippen LogP contribution in [0.15, 0.2) is 0 Å². The number of ether oxygens (including phenoxy) is 1. The van der Waals surface area contributed by atoms with Crippen molar-refractivity contribution in [1.29, 1.82) is 0 Å². The lowest BCUT2D eigenvalue weighted by Crippen LogP contribution is -2.44. The first-order valence-electron chi connectivity index (χ1n) is 5.23. The molecule has 0 bridgehead atoms. The van der Waals surface area contributed by atoms with Gasteiger partial charge < -0.3 is 15.8 Å². The number of rotatable bonds is 6. The first-order valence-corrected chi connectivity index (χ1v) is 5.23. The minimum absolute atomic E-state index is 0.194. The fourth-order valence-electron chi connectivity index (χ4n) is 1.12. The Bertz CT molecular complexity index is 215. The van der Waals surface area contributed by atoms with Crippen LogP contribution in [-0.2, 0) is 14.3 Å². The van der Waals surface area contributed by atoms with Gasteiger partial charge in [0, 0.05) is 12.5 Å². The van der Waals surface area contributed by atoms with Crippen LogP contribution in [0.4, 0.5) is 0 Å². The van der Waals surface area contributed by atoms with Gasteiger partial charge in [-0.1, -0.05) is 6.92 Å². The van der Waals surface area contributed by atoms with Gasteiger partial charge >= 0.3 is 5.97 Å². The van der Waals surface area contributed by atoms with Gasteiger partial charge in [-0.05, 0) is 20.3 Å². The van der Waals surface area contributed by atoms with Crippen LogP contribution in [0.2, 0.25) is 0 Å². The number of esters is 1. The van der Waals surface area contributed by atoms with Crippen molar-refractivity contribution < 1.29 is 14.3 Å². The number of carbonyl (C=O) groups is 2. The zero-order chi connectivity index (χ0) is 11.8. The third-order valence-corrected chi connectivity index (χ3v) is 2.15. The zero-order valence-corrected chi connectivity index (χ0v) is 9.58. The quantitative estimate of drug-likeness (QED) is 0.614. The summed E-state index contributed by atoms with van der Waals surface area (Å²) in [5.41, 5.74) is 5.42. The van der Waals surface area contributed by atoms with E-state index in [0.717, 1.165) is 0 Å². The monoisotopic (exact) mass is 216 g/mol. The summed E-state index contributed by atoms with van der Waals surface area (Å²) in [6, 6.07) is -0.613. The third kappa shape index (κ3) is 4.78. The SMILES string of the molecule is CCOC(=O)C(C)NC(=O)C(CC)CN. The molecule has 5 heteroatoms. The number of carbonyl (C=O) groups excluding carboxylic acids is 2. The summed E-state index contributed by atoms with van der Waals surface area (Å²) in [7, 11) is 0. The Morgan fingerprint density at radius 1 is 1.40 bits per heavy atom. The largest absolute Gasteiger partial charge is 0.464 e. The molecule has 0 rings (SSSR count). The molecule has 88 valence electrons. The number of amides is 1. The Morgan fingerprint density at radius 2 is 2.00 bits per heavy atom. The van der Waals surface area contributed by atoms with E-state index in [1.54, 1.807) is 13.8 Å². The number of hydrogen-bond acceptors (Lipinski definition) is 4. The van der Waals surface area contributed by atoms with Crippen molar-refractivity contribution >= 4 is 11.9 Å². The van der Waals surface area contributed by atoms with Crippen molar-refractivity contribution in [3.8, 4) is 0 Å². The van der Waals surface area contributed by atoms with E-state index in [9.17, 15) is 9.59 Å². The lowest BCUT2D eigenvalue weighted by Gasteiger charge is -2.16. The van der Waals surface area contributed by atoms with Crippen LogP contribution in [-0.4, -0.2) is 31.1 Å². The molecule has 2 atom stereocenters. The zero-order valence-electron chi connectivity index (χ0n) is 9.58. The highest BCUT2D eigenvalue weighted by molar-refractivity contribution is 5.85. The van der Waals surface area contributed by atoms with Gasteiger partial charge in [-0.3, -0.25) is 4.79 Å². The van der Waals surface area contributed by atoms with Crippen molar-refractivity contribution in [3.63, 3.8) is 0 Å². The molecular formula is C10H20N2O3. The lowest BCUT2D eigenvalue weighted by atomic mass is 10.1. The van der Waals surface area contributed by atoms with Gasteiger partial charge in [0.2, 0.25) is 5.91 Å². The standard InChI is InChI=1S/C10H20N2O3/c1-4-8(6-11)9(13)12-7(3)10(14)15-5-2/h7-8H,4-6,11H2,1-3H3,(H,12,13). The Morgan fingerprint density at radius 3 is 2.40 bits per heavy atom. The number of hydrogen-bond donors (Lipinski definition) is 2. The molecule has 0 saturated heterocycles. The molecule has 0 aliphatic rings. The van der Waals surface area contributed by atoms with Crippen molar-refractivity contribution in [3.05, 3.63) is 0 Å². The van der Waals surface area contributed by atoms with E-state index < -0.39 is 12.0 Å². The van der Waals surface area contributed by atoms with Crippen molar-refractivity contribution in [2.45, 2.75) is 33.2 Å². The molecule has 0 fully saturated rings. The van der Waals surface area contributed by atoms with Gasteiger partial charge in [-0.2, -0.15) is 0 Å². The van der Waals surface area contributed by atoms with Crippen LogP contribution in [0.3, 0.4) is 0 Å². The average Bonchev–Trinajstić information content (AvgIpc) is 2.19. The third-order valence-electron chi connectivity index (χ3n) is 2.15. The fourth-order valence-corrected chi connectivity index (χ4v) is 1.12. The maximum atomic E-state index is 11.5. The van der Waals surface area contributed by atoms with Crippen LogP contribution in [0.1, 0.15) is 27.2 Å². The minimum Gasteiger partial charge on any atom is -0.464 e. The predicted octanol–water partition coefficient (Wildman–Crippen LogP) is 0.0391. The smallest absolute Gasteiger partial charge is 0.328 e. The molecule has 0 spiro atoms. The molecule has 0 aliphatic carbocycles. The summed E-state index contributed by atoms with van der Waals surface area (Å²) < 4.78 is 4.77. The molecule has 0 aliphatic heterocycles. The molecule has 0 radical (unpaired) electrons. The highest BCUT2D eigenvalue weighted by Gasteiger charge is 2.20. The Labute approximate surface area is 90.4 Å². The second-order valence-corrected chi connectivity index (χ2v) is 3.32. The minimum atomic E-state index is -0.613. The summed E-state index contributed by atoms with van der Waals surface area (Å²) in [4.78, 5) is 22.7. The molecule has 0 aromatic heterocycles. The summed E-state index contributed by atoms with van der Waals surface area (Å²) in [5.74, 6) is -0.847. The molecule has 0 aromatic carbocycles. The fraction of sp³-hybridized carbons (Fsp3) is 0.800. The molecule has 2 unspecified atom stereocenters. The van der Waals surface area contributed by atoms with E-state index in [2.05, 4.69) is 5.32 Å². The van der Waals surface area contributed by atoms with E-state index in [1.807, 2.05) is 6.92 Å². The lowest BCUT2D eigenvalue weighted by molar-refractivity contribution is -0.147. The van der Waals surface area contributed by atoms with Gasteiger partial charge in [0.25, 0.3) is 0 Å². The summed E-state index contributed by atoms with van der Waals surface area (Å²) in [6.07, 6.45) is 0.665. The number of nitrogens with two attached hydrogens (primary N) is 1. The van der Waals surface area contributed by atoms with Crippen LogP contribution >= 0.6 is 0 Å². The second kappa shape index (κ2) is 7.23. The van der Waals surface area contributed by atoms with Crippen molar-refractivity contribution in [2.24, 2.45) is 11.7 Å². The molecule has 0 aromatic rings. The normalized spacial score (nSPS) is 14.1. The highest BCUT2D eigenvalue weighted by Crippen LogP contribution is 2.00. The van der Waals surface area contributed by atoms with E-state index in [-0.39, 0.29) is 18.4 Å². The molecule has 0 heterocycles. The molecule has 3 N–H and O–H groups in total. The van der Waals surface area contributed by atoms with Gasteiger partial charge in [0.1, 0.15) is 6.04 Å². The molecule has 15 heavy (non-hydrogen) atoms. The summed E-state index contributed by atoms with van der Waals surface area (Å²) in [5, 5.41) is 2.57. The predicted molar refractivity (Wildman–Crippen MR) is 57.1 cm³/mol. The Balaban J connectivity index is 4.10. The highest BCUT2D eigenvalue weighted by atomic mass is 16.5. The van der Waals surface area contributed by atoms with Crippen molar-refractivity contribution in [2.75, 3.05) is 13.2 Å². The van der Waals surface area contributed by atoms with E-state index in [4.69, 9.17) is 10.5 Å². The Kier molecular flexibility index (Phi) is 6.70. The van der Waals surface area contributed by atoms with Gasteiger partial charge in [0.05, 0.1) is 6.61 Å². The second-order valence-electron chi connectivity index (χ2n) is 3.32. The number of nitrogens with one attached hydrogen (secondary N) is 1. The molecule has 5 nitrogen and oxygen atoms in total. The molecular weight excluding hydrogens is 196 g/mol. The van der Waals surface area contributed by atoms with Crippen molar-refractivity contribution in [1.82, 2.24) is 5.32 Å². The Hall–Kier alpha value is -1.10. The average molecular weight is 216 g/mol. The topological polar surface area (TPSA) is 81.4 Å². The van der Waals surface area contributed by atoms with Gasteiger partial charge in [0.15, 0.2) is 0 Å². The van der Waals surface area contributed by atoms with Crippen LogP contribution in [0.5, 0.6) is 0 Å². The van der Waals surface area contributed by atoms with Crippen LogP contribution in [0.25, 0.3) is 0 Å². The van der Waals surface area contributed by atoms with Crippen LogP contribution in [0, 0.1) is 5.92 Å². The maximum Gasteiger partial charge on any atom is 0.328 e. The summed E-state index contributed by atoms with van der Waals surface area (Å²) in [6.45, 7) is 5.80. The van der Waals surface area contributed by atoms with Gasteiger partial charge in [-0.25, -0.2) is 4.79 Å². The molecule has 1 amide bonds. The first kappa shape index (κ1) is 13.9. The van der Waals surface area contributed by atoms with Gasteiger partial charge in [-0.15, -0.1) is 0 Å². The molecule has 0 saturated carbocycles. The maximum absolute atomic E-state index is 11.5. The van der Waals surface area contributed by atoms with E-state index >= 15 is 0 Å².